The molecule has 2 atom stereocenters. The largest absolute Gasteiger partial charge is 0.507 e. The van der Waals surface area contributed by atoms with Crippen molar-refractivity contribution in [1.82, 2.24) is 4.90 Å². The van der Waals surface area contributed by atoms with Crippen LogP contribution in [0, 0.1) is 11.7 Å². The van der Waals surface area contributed by atoms with Crippen LogP contribution >= 0.6 is 0 Å². The van der Waals surface area contributed by atoms with Crippen molar-refractivity contribution in [3.05, 3.63) is 29.6 Å². The fourth-order valence-corrected chi connectivity index (χ4v) is 2.41. The van der Waals surface area contributed by atoms with Crippen LogP contribution in [0.15, 0.2) is 18.2 Å². The number of piperidine rings is 1. The van der Waals surface area contributed by atoms with Gasteiger partial charge < -0.3 is 10.0 Å². The smallest absolute Gasteiger partial charge is 0.257 e. The topological polar surface area (TPSA) is 40.5 Å². The summed E-state index contributed by atoms with van der Waals surface area (Å²) in [7, 11) is 0. The summed E-state index contributed by atoms with van der Waals surface area (Å²) >= 11 is 0. The Morgan fingerprint density at radius 2 is 2.11 bits per heavy atom. The summed E-state index contributed by atoms with van der Waals surface area (Å²) in [5.41, 5.74) is 0.178. The van der Waals surface area contributed by atoms with Crippen LogP contribution in [-0.4, -0.2) is 28.5 Å². The number of halogens is 1. The summed E-state index contributed by atoms with van der Waals surface area (Å²) in [6.45, 7) is 4.80. The molecule has 1 aromatic rings. The van der Waals surface area contributed by atoms with Crippen LogP contribution in [0.4, 0.5) is 4.39 Å². The van der Waals surface area contributed by atoms with Crippen molar-refractivity contribution in [1.29, 1.82) is 0 Å². The second-order valence-corrected chi connectivity index (χ2v) is 5.15. The molecule has 0 spiro atoms. The Kier molecular flexibility index (Phi) is 3.55. The lowest BCUT2D eigenvalue weighted by Crippen LogP contribution is -2.44. The van der Waals surface area contributed by atoms with Gasteiger partial charge in [0.05, 0.1) is 5.56 Å². The molecule has 3 nitrogen and oxygen atoms in total. The minimum atomic E-state index is -0.538. The fraction of sp³-hybridized carbons (Fsp3) is 0.500. The van der Waals surface area contributed by atoms with Gasteiger partial charge in [0.2, 0.25) is 0 Å². The predicted octanol–water partition coefficient (Wildman–Crippen LogP) is 2.79. The van der Waals surface area contributed by atoms with Crippen LogP contribution in [0.1, 0.15) is 37.0 Å². The molecule has 0 aromatic heterocycles. The molecule has 4 heteroatoms. The van der Waals surface area contributed by atoms with E-state index in [2.05, 4.69) is 6.92 Å². The number of amides is 1. The molecule has 18 heavy (non-hydrogen) atoms. The number of hydrogen-bond acceptors (Lipinski definition) is 2. The second-order valence-electron chi connectivity index (χ2n) is 5.15. The van der Waals surface area contributed by atoms with E-state index in [0.717, 1.165) is 18.9 Å². The number of benzene rings is 1. The fourth-order valence-electron chi connectivity index (χ4n) is 2.41. The molecule has 1 aliphatic heterocycles. The molecule has 0 bridgehead atoms. The molecule has 0 radical (unpaired) electrons. The first kappa shape index (κ1) is 12.9. The normalized spacial score (nSPS) is 24.1. The Morgan fingerprint density at radius 3 is 2.78 bits per heavy atom. The van der Waals surface area contributed by atoms with Crippen LogP contribution in [-0.2, 0) is 0 Å². The predicted molar refractivity (Wildman–Crippen MR) is 67.0 cm³/mol. The second kappa shape index (κ2) is 4.96. The van der Waals surface area contributed by atoms with Gasteiger partial charge in [0, 0.05) is 18.7 Å². The number of carbonyl (C=O) groups is 1. The number of phenolic OH excluding ortho intramolecular Hbond substituents is 1. The summed E-state index contributed by atoms with van der Waals surface area (Å²) in [5, 5.41) is 9.66. The molecule has 2 rings (SSSR count). The number of rotatable bonds is 1. The molecular formula is C14H18FNO2. The SMILES string of the molecule is CC1CCC(C)N(C(=O)c2ccc(F)cc2O)C1. The van der Waals surface area contributed by atoms with Gasteiger partial charge in [-0.1, -0.05) is 6.92 Å². The van der Waals surface area contributed by atoms with E-state index in [9.17, 15) is 14.3 Å². The Labute approximate surface area is 106 Å². The average Bonchev–Trinajstić information content (AvgIpc) is 2.31. The summed E-state index contributed by atoms with van der Waals surface area (Å²) in [6.07, 6.45) is 2.08. The van der Waals surface area contributed by atoms with Crippen LogP contribution in [0.25, 0.3) is 0 Å². The first-order valence-electron chi connectivity index (χ1n) is 6.28. The van der Waals surface area contributed by atoms with Gasteiger partial charge in [0.15, 0.2) is 0 Å². The monoisotopic (exact) mass is 251 g/mol. The van der Waals surface area contributed by atoms with Crippen molar-refractivity contribution < 1.29 is 14.3 Å². The maximum absolute atomic E-state index is 12.9. The first-order valence-corrected chi connectivity index (χ1v) is 6.28. The molecule has 0 aliphatic carbocycles. The highest BCUT2D eigenvalue weighted by Crippen LogP contribution is 2.26. The van der Waals surface area contributed by atoms with Gasteiger partial charge in [-0.2, -0.15) is 0 Å². The molecule has 1 aliphatic rings. The number of hydrogen-bond donors (Lipinski definition) is 1. The Morgan fingerprint density at radius 1 is 1.39 bits per heavy atom. The van der Waals surface area contributed by atoms with E-state index < -0.39 is 5.82 Å². The maximum Gasteiger partial charge on any atom is 0.257 e. The molecule has 1 fully saturated rings. The zero-order chi connectivity index (χ0) is 13.3. The first-order chi connectivity index (χ1) is 8.49. The van der Waals surface area contributed by atoms with Gasteiger partial charge in [-0.05, 0) is 37.8 Å². The Balaban J connectivity index is 2.24. The number of likely N-dealkylation sites (tertiary alicyclic amines) is 1. The van der Waals surface area contributed by atoms with E-state index >= 15 is 0 Å². The minimum absolute atomic E-state index is 0.165. The number of phenols is 1. The molecule has 98 valence electrons. The molecular weight excluding hydrogens is 233 g/mol. The highest BCUT2D eigenvalue weighted by molar-refractivity contribution is 5.97. The third-order valence-corrected chi connectivity index (χ3v) is 3.57. The van der Waals surface area contributed by atoms with E-state index in [1.54, 1.807) is 4.90 Å². The lowest BCUT2D eigenvalue weighted by molar-refractivity contribution is 0.0571. The van der Waals surface area contributed by atoms with Crippen molar-refractivity contribution in [2.75, 3.05) is 6.54 Å². The van der Waals surface area contributed by atoms with E-state index in [1.807, 2.05) is 6.92 Å². The summed E-state index contributed by atoms with van der Waals surface area (Å²) in [4.78, 5) is 14.1. The number of carbonyl (C=O) groups excluding carboxylic acids is 1. The van der Waals surface area contributed by atoms with Crippen molar-refractivity contribution in [3.8, 4) is 5.75 Å². The third-order valence-electron chi connectivity index (χ3n) is 3.57. The Bertz CT molecular complexity index is 461. The summed E-state index contributed by atoms with van der Waals surface area (Å²) in [6, 6.07) is 3.69. The Hall–Kier alpha value is -1.58. The molecule has 1 aromatic carbocycles. The third kappa shape index (κ3) is 2.47. The van der Waals surface area contributed by atoms with E-state index in [1.165, 1.54) is 12.1 Å². The average molecular weight is 251 g/mol. The molecule has 1 amide bonds. The van der Waals surface area contributed by atoms with Crippen LogP contribution in [0.3, 0.4) is 0 Å². The number of nitrogens with zero attached hydrogens (tertiary/aromatic N) is 1. The van der Waals surface area contributed by atoms with Crippen LogP contribution < -0.4 is 0 Å². The van der Waals surface area contributed by atoms with Crippen molar-refractivity contribution in [3.63, 3.8) is 0 Å². The molecule has 1 saturated heterocycles. The van der Waals surface area contributed by atoms with E-state index in [4.69, 9.17) is 0 Å². The molecule has 0 saturated carbocycles. The van der Waals surface area contributed by atoms with Crippen molar-refractivity contribution in [2.45, 2.75) is 32.7 Å². The standard InChI is InChI=1S/C14H18FNO2/c1-9-3-4-10(2)16(8-9)14(18)12-6-5-11(15)7-13(12)17/h5-7,9-10,17H,3-4,8H2,1-2H3. The van der Waals surface area contributed by atoms with Crippen molar-refractivity contribution in [2.24, 2.45) is 5.92 Å². The van der Waals surface area contributed by atoms with Gasteiger partial charge in [0.25, 0.3) is 5.91 Å². The molecule has 2 unspecified atom stereocenters. The van der Waals surface area contributed by atoms with Gasteiger partial charge in [-0.15, -0.1) is 0 Å². The quantitative estimate of drug-likeness (QED) is 0.833. The lowest BCUT2D eigenvalue weighted by Gasteiger charge is -2.37. The maximum atomic E-state index is 12.9. The number of aromatic hydroxyl groups is 1. The van der Waals surface area contributed by atoms with Crippen molar-refractivity contribution >= 4 is 5.91 Å². The molecule has 1 N–H and O–H groups in total. The summed E-state index contributed by atoms with van der Waals surface area (Å²) in [5.74, 6) is -0.575. The minimum Gasteiger partial charge on any atom is -0.507 e. The zero-order valence-electron chi connectivity index (χ0n) is 10.7. The lowest BCUT2D eigenvalue weighted by atomic mass is 9.94. The van der Waals surface area contributed by atoms with Gasteiger partial charge in [-0.25, -0.2) is 4.39 Å². The van der Waals surface area contributed by atoms with Gasteiger partial charge >= 0.3 is 0 Å². The zero-order valence-corrected chi connectivity index (χ0v) is 10.7. The van der Waals surface area contributed by atoms with E-state index in [-0.39, 0.29) is 23.3 Å². The van der Waals surface area contributed by atoms with Crippen LogP contribution in [0.5, 0.6) is 5.75 Å². The van der Waals surface area contributed by atoms with E-state index in [0.29, 0.717) is 12.5 Å². The molecule has 1 heterocycles. The van der Waals surface area contributed by atoms with Gasteiger partial charge in [-0.3, -0.25) is 4.79 Å². The summed E-state index contributed by atoms with van der Waals surface area (Å²) < 4.78 is 12.9. The highest BCUT2D eigenvalue weighted by atomic mass is 19.1. The van der Waals surface area contributed by atoms with Gasteiger partial charge in [0.1, 0.15) is 11.6 Å². The van der Waals surface area contributed by atoms with Crippen LogP contribution in [0.2, 0.25) is 0 Å². The highest BCUT2D eigenvalue weighted by Gasteiger charge is 2.28.